The van der Waals surface area contributed by atoms with Gasteiger partial charge >= 0.3 is 11.9 Å². The number of rotatable bonds is 6. The van der Waals surface area contributed by atoms with Crippen LogP contribution in [-0.2, 0) is 19.1 Å². The Hall–Kier alpha value is -3.28. The number of hydrogen-bond donors (Lipinski definition) is 0. The molecule has 0 fully saturated rings. The number of hydrogen-bond acceptors (Lipinski definition) is 6. The summed E-state index contributed by atoms with van der Waals surface area (Å²) in [6.45, 7) is 3.70. The van der Waals surface area contributed by atoms with Gasteiger partial charge in [-0.3, -0.25) is 14.6 Å². The molecule has 6 nitrogen and oxygen atoms in total. The van der Waals surface area contributed by atoms with Crippen LogP contribution in [-0.4, -0.2) is 36.4 Å². The molecule has 0 atom stereocenters. The first-order chi connectivity index (χ1) is 13.2. The second-order valence-electron chi connectivity index (χ2n) is 5.75. The first kappa shape index (κ1) is 18.5. The van der Waals surface area contributed by atoms with Gasteiger partial charge in [0.05, 0.1) is 29.9 Å². The van der Waals surface area contributed by atoms with Crippen molar-refractivity contribution < 1.29 is 19.1 Å². The summed E-state index contributed by atoms with van der Waals surface area (Å²) in [5, 5.41) is 1.66. The van der Waals surface area contributed by atoms with Crippen LogP contribution < -0.4 is 0 Å². The maximum atomic E-state index is 12.2. The van der Waals surface area contributed by atoms with Gasteiger partial charge < -0.3 is 9.47 Å². The van der Waals surface area contributed by atoms with Gasteiger partial charge in [0.25, 0.3) is 0 Å². The van der Waals surface area contributed by atoms with E-state index in [0.29, 0.717) is 5.69 Å². The Kier molecular flexibility index (Phi) is 5.76. The topological polar surface area (TPSA) is 77.9 Å². The Morgan fingerprint density at radius 3 is 1.89 bits per heavy atom. The highest BCUT2D eigenvalue weighted by atomic mass is 16.6. The van der Waals surface area contributed by atoms with E-state index in [9.17, 15) is 9.59 Å². The number of ether oxygens (including phenoxy) is 2. The number of aromatic nitrogens is 1. The number of esters is 2. The van der Waals surface area contributed by atoms with Gasteiger partial charge in [0.1, 0.15) is 0 Å². The lowest BCUT2D eigenvalue weighted by atomic mass is 10.1. The molecule has 0 aliphatic carbocycles. The largest absolute Gasteiger partial charge is 0.465 e. The summed E-state index contributed by atoms with van der Waals surface area (Å²) in [5.74, 6) is -2.57. The van der Waals surface area contributed by atoms with Crippen molar-refractivity contribution in [2.45, 2.75) is 13.8 Å². The zero-order valence-corrected chi connectivity index (χ0v) is 15.2. The van der Waals surface area contributed by atoms with Crippen molar-refractivity contribution >= 4 is 45.6 Å². The second-order valence-corrected chi connectivity index (χ2v) is 5.75. The van der Waals surface area contributed by atoms with Crippen molar-refractivity contribution in [3.63, 3.8) is 0 Å². The molecule has 6 heteroatoms. The Bertz CT molecular complexity index is 941. The highest BCUT2D eigenvalue weighted by Gasteiger charge is 2.28. The van der Waals surface area contributed by atoms with Gasteiger partial charge in [0, 0.05) is 17.0 Å². The number of benzene rings is 2. The molecule has 0 unspecified atom stereocenters. The van der Waals surface area contributed by atoms with E-state index in [-0.39, 0.29) is 13.2 Å². The molecule has 0 radical (unpaired) electrons. The van der Waals surface area contributed by atoms with Gasteiger partial charge in [-0.2, -0.15) is 0 Å². The molecule has 0 aliphatic rings. The molecule has 0 amide bonds. The second kappa shape index (κ2) is 8.40. The maximum absolute atomic E-state index is 12.2. The lowest BCUT2D eigenvalue weighted by Crippen LogP contribution is -2.29. The van der Waals surface area contributed by atoms with Crippen LogP contribution in [0.1, 0.15) is 13.8 Å². The molecule has 2 aromatic carbocycles. The van der Waals surface area contributed by atoms with E-state index in [2.05, 4.69) is 9.98 Å². The SMILES string of the molecule is CCOC(=O)C(C=Nc1c2ccccc2nc2ccccc12)C(=O)OCC. The highest BCUT2D eigenvalue weighted by Crippen LogP contribution is 2.32. The summed E-state index contributed by atoms with van der Waals surface area (Å²) in [6, 6.07) is 15.2. The van der Waals surface area contributed by atoms with Crippen LogP contribution in [0.2, 0.25) is 0 Å². The zero-order chi connectivity index (χ0) is 19.2. The molecule has 27 heavy (non-hydrogen) atoms. The molecule has 1 aromatic heterocycles. The van der Waals surface area contributed by atoms with Crippen LogP contribution in [0.4, 0.5) is 5.69 Å². The number of fused-ring (bicyclic) bond motifs is 2. The average Bonchev–Trinajstić information content (AvgIpc) is 2.68. The first-order valence-corrected chi connectivity index (χ1v) is 8.80. The standard InChI is InChI=1S/C21H20N2O4/c1-3-26-20(24)16(21(25)27-4-2)13-22-19-14-9-5-7-11-17(14)23-18-12-8-6-10-15(18)19/h5-13,16H,3-4H2,1-2H3. The average molecular weight is 364 g/mol. The Morgan fingerprint density at radius 2 is 1.41 bits per heavy atom. The van der Waals surface area contributed by atoms with Gasteiger partial charge in [-0.25, -0.2) is 4.98 Å². The van der Waals surface area contributed by atoms with Gasteiger partial charge in [-0.1, -0.05) is 36.4 Å². The zero-order valence-electron chi connectivity index (χ0n) is 15.2. The summed E-state index contributed by atoms with van der Waals surface area (Å²) in [6.07, 6.45) is 1.30. The van der Waals surface area contributed by atoms with Gasteiger partial charge in [-0.05, 0) is 26.0 Å². The molecule has 138 valence electrons. The van der Waals surface area contributed by atoms with Crippen molar-refractivity contribution in [3.8, 4) is 0 Å². The van der Waals surface area contributed by atoms with Crippen molar-refractivity contribution in [1.82, 2.24) is 4.98 Å². The van der Waals surface area contributed by atoms with Crippen molar-refractivity contribution in [2.24, 2.45) is 10.9 Å². The van der Waals surface area contributed by atoms with Crippen molar-refractivity contribution in [2.75, 3.05) is 13.2 Å². The van der Waals surface area contributed by atoms with Crippen LogP contribution in [0.15, 0.2) is 53.5 Å². The predicted molar refractivity (Wildman–Crippen MR) is 104 cm³/mol. The molecule has 0 saturated heterocycles. The van der Waals surface area contributed by atoms with Gasteiger partial charge in [0.15, 0.2) is 5.92 Å². The highest BCUT2D eigenvalue weighted by molar-refractivity contribution is 6.12. The summed E-state index contributed by atoms with van der Waals surface area (Å²) in [7, 11) is 0. The molecule has 0 N–H and O–H groups in total. The minimum absolute atomic E-state index is 0.170. The van der Waals surface area contributed by atoms with Gasteiger partial charge in [0.2, 0.25) is 0 Å². The monoisotopic (exact) mass is 364 g/mol. The number of carbonyl (C=O) groups excluding carboxylic acids is 2. The van der Waals surface area contributed by atoms with E-state index in [1.54, 1.807) is 13.8 Å². The number of pyridine rings is 1. The fourth-order valence-electron chi connectivity index (χ4n) is 2.79. The lowest BCUT2D eigenvalue weighted by Gasteiger charge is -2.11. The lowest BCUT2D eigenvalue weighted by molar-refractivity contribution is -0.157. The maximum Gasteiger partial charge on any atom is 0.325 e. The fraction of sp³-hybridized carbons (Fsp3) is 0.238. The summed E-state index contributed by atoms with van der Waals surface area (Å²) in [4.78, 5) is 33.5. The first-order valence-electron chi connectivity index (χ1n) is 8.80. The molecule has 0 saturated carbocycles. The van der Waals surface area contributed by atoms with E-state index < -0.39 is 17.9 Å². The molecular formula is C21H20N2O4. The minimum Gasteiger partial charge on any atom is -0.465 e. The third-order valence-electron chi connectivity index (χ3n) is 3.99. The summed E-state index contributed by atoms with van der Waals surface area (Å²) >= 11 is 0. The fourth-order valence-corrected chi connectivity index (χ4v) is 2.79. The van der Waals surface area contributed by atoms with Crippen LogP contribution in [0.3, 0.4) is 0 Å². The Morgan fingerprint density at radius 1 is 0.926 bits per heavy atom. The normalized spacial score (nSPS) is 11.4. The number of para-hydroxylation sites is 2. The van der Waals surface area contributed by atoms with E-state index >= 15 is 0 Å². The Labute approximate surface area is 156 Å². The van der Waals surface area contributed by atoms with Crippen molar-refractivity contribution in [3.05, 3.63) is 48.5 Å². The number of carbonyl (C=O) groups is 2. The summed E-state index contributed by atoms with van der Waals surface area (Å²) in [5.41, 5.74) is 2.22. The predicted octanol–water partition coefficient (Wildman–Crippen LogP) is 3.83. The van der Waals surface area contributed by atoms with Crippen LogP contribution in [0, 0.1) is 5.92 Å². The van der Waals surface area contributed by atoms with E-state index in [4.69, 9.17) is 9.47 Å². The van der Waals surface area contributed by atoms with E-state index in [1.165, 1.54) is 6.21 Å². The van der Waals surface area contributed by atoms with E-state index in [0.717, 1.165) is 21.8 Å². The molecule has 0 bridgehead atoms. The number of nitrogens with zero attached hydrogens (tertiary/aromatic N) is 2. The van der Waals surface area contributed by atoms with Gasteiger partial charge in [-0.15, -0.1) is 0 Å². The molecule has 3 rings (SSSR count). The van der Waals surface area contributed by atoms with E-state index in [1.807, 2.05) is 48.5 Å². The minimum atomic E-state index is -1.21. The van der Waals surface area contributed by atoms with Crippen molar-refractivity contribution in [1.29, 1.82) is 0 Å². The quantitative estimate of drug-likeness (QED) is 0.287. The smallest absolute Gasteiger partial charge is 0.325 e. The van der Waals surface area contributed by atoms with Crippen LogP contribution >= 0.6 is 0 Å². The third-order valence-corrected chi connectivity index (χ3v) is 3.99. The number of aliphatic imine (C=N–C) groups is 1. The molecule has 0 spiro atoms. The molecule has 3 aromatic rings. The molecular weight excluding hydrogens is 344 g/mol. The third kappa shape index (κ3) is 3.95. The van der Waals surface area contributed by atoms with Crippen LogP contribution in [0.25, 0.3) is 21.8 Å². The molecule has 0 aliphatic heterocycles. The Balaban J connectivity index is 2.11. The summed E-state index contributed by atoms with van der Waals surface area (Å²) < 4.78 is 9.98. The van der Waals surface area contributed by atoms with Crippen LogP contribution in [0.5, 0.6) is 0 Å². The molecule has 1 heterocycles.